The van der Waals surface area contributed by atoms with Gasteiger partial charge in [-0.05, 0) is 24.6 Å². The molecule has 148 valence electrons. The minimum absolute atomic E-state index is 0.0566. The minimum Gasteiger partial charge on any atom is -0.469 e. The Balaban J connectivity index is 1.83. The third kappa shape index (κ3) is 4.48. The van der Waals surface area contributed by atoms with E-state index in [2.05, 4.69) is 21.9 Å². The average molecular weight is 383 g/mol. The van der Waals surface area contributed by atoms with Crippen molar-refractivity contribution in [2.75, 3.05) is 31.6 Å². The first kappa shape index (κ1) is 19.8. The number of esters is 1. The van der Waals surface area contributed by atoms with Crippen molar-refractivity contribution >= 4 is 17.3 Å². The molecule has 2 aromatic rings. The Bertz CT molecular complexity index is 825. The third-order valence-electron chi connectivity index (χ3n) is 5.23. The summed E-state index contributed by atoms with van der Waals surface area (Å²) in [5.74, 6) is -0.268. The number of nitro benzene ring substituents is 1. The monoisotopic (exact) mass is 383 g/mol. The van der Waals surface area contributed by atoms with E-state index in [1.807, 2.05) is 25.1 Å². The van der Waals surface area contributed by atoms with Gasteiger partial charge in [-0.15, -0.1) is 0 Å². The lowest BCUT2D eigenvalue weighted by molar-refractivity contribution is -0.384. The molecule has 0 radical (unpaired) electrons. The van der Waals surface area contributed by atoms with Crippen molar-refractivity contribution < 1.29 is 14.5 Å². The Morgan fingerprint density at radius 3 is 2.43 bits per heavy atom. The van der Waals surface area contributed by atoms with Gasteiger partial charge in [-0.1, -0.05) is 30.3 Å². The zero-order chi connectivity index (χ0) is 20.1. The minimum atomic E-state index is -0.476. The predicted octanol–water partition coefficient (Wildman–Crippen LogP) is 3.24. The number of benzene rings is 2. The van der Waals surface area contributed by atoms with Crippen LogP contribution in [0.15, 0.2) is 54.6 Å². The third-order valence-corrected chi connectivity index (χ3v) is 5.23. The number of carbonyl (C=O) groups excluding carboxylic acids is 1. The molecule has 28 heavy (non-hydrogen) atoms. The molecule has 7 heteroatoms. The highest BCUT2D eigenvalue weighted by Gasteiger charge is 2.40. The molecule has 1 atom stereocenters. The van der Waals surface area contributed by atoms with Gasteiger partial charge in [0.15, 0.2) is 0 Å². The smallest absolute Gasteiger partial charge is 0.307 e. The van der Waals surface area contributed by atoms with E-state index in [4.69, 9.17) is 4.74 Å². The number of rotatable bonds is 6. The quantitative estimate of drug-likeness (QED) is 0.433. The van der Waals surface area contributed by atoms with Crippen LogP contribution in [-0.4, -0.2) is 48.1 Å². The van der Waals surface area contributed by atoms with E-state index in [1.54, 1.807) is 12.1 Å². The molecular formula is C21H25N3O4. The lowest BCUT2D eigenvalue weighted by Crippen LogP contribution is -2.61. The van der Waals surface area contributed by atoms with E-state index in [9.17, 15) is 14.9 Å². The summed E-state index contributed by atoms with van der Waals surface area (Å²) in [6, 6.07) is 16.7. The SMILES string of the molecule is COC(=O)CC1(C)CN(Cc2ccccc2)CCN1c1ccc([N+](=O)[O-])cc1. The van der Waals surface area contributed by atoms with E-state index in [1.165, 1.54) is 24.8 Å². The maximum absolute atomic E-state index is 12.1. The Kier molecular flexibility index (Phi) is 5.94. The van der Waals surface area contributed by atoms with Crippen molar-refractivity contribution in [3.05, 3.63) is 70.3 Å². The fourth-order valence-electron chi connectivity index (χ4n) is 3.86. The Morgan fingerprint density at radius 2 is 1.82 bits per heavy atom. The van der Waals surface area contributed by atoms with Crippen molar-refractivity contribution in [2.24, 2.45) is 0 Å². The Morgan fingerprint density at radius 1 is 1.14 bits per heavy atom. The van der Waals surface area contributed by atoms with Crippen molar-refractivity contribution in [3.63, 3.8) is 0 Å². The summed E-state index contributed by atoms with van der Waals surface area (Å²) in [7, 11) is 1.40. The number of anilines is 1. The van der Waals surface area contributed by atoms with E-state index in [0.717, 1.165) is 25.3 Å². The lowest BCUT2D eigenvalue weighted by atomic mass is 9.91. The first-order chi connectivity index (χ1) is 13.4. The molecule has 0 N–H and O–H groups in total. The molecule has 0 saturated carbocycles. The summed E-state index contributed by atoms with van der Waals surface area (Å²) in [6.07, 6.45) is 0.242. The van der Waals surface area contributed by atoms with Gasteiger partial charge in [0.25, 0.3) is 5.69 Å². The van der Waals surface area contributed by atoms with E-state index in [0.29, 0.717) is 6.54 Å². The Labute approximate surface area is 164 Å². The topological polar surface area (TPSA) is 75.9 Å². The lowest BCUT2D eigenvalue weighted by Gasteiger charge is -2.50. The molecule has 2 aromatic carbocycles. The highest BCUT2D eigenvalue weighted by atomic mass is 16.6. The molecule has 0 aliphatic carbocycles. The van der Waals surface area contributed by atoms with Gasteiger partial charge in [-0.3, -0.25) is 19.8 Å². The van der Waals surface area contributed by atoms with Gasteiger partial charge in [-0.25, -0.2) is 0 Å². The summed E-state index contributed by atoms with van der Waals surface area (Å²) in [5.41, 5.74) is 1.68. The highest BCUT2D eigenvalue weighted by Crippen LogP contribution is 2.32. The number of ether oxygens (including phenoxy) is 1. The summed E-state index contributed by atoms with van der Waals surface area (Å²) in [4.78, 5) is 27.1. The van der Waals surface area contributed by atoms with Crippen LogP contribution in [0, 0.1) is 10.1 Å². The van der Waals surface area contributed by atoms with Crippen molar-refractivity contribution in [2.45, 2.75) is 25.4 Å². The van der Waals surface area contributed by atoms with Crippen molar-refractivity contribution in [1.82, 2.24) is 4.90 Å². The van der Waals surface area contributed by atoms with Gasteiger partial charge in [-0.2, -0.15) is 0 Å². The van der Waals surface area contributed by atoms with Crippen LogP contribution in [0.2, 0.25) is 0 Å². The number of piperazine rings is 1. The van der Waals surface area contributed by atoms with Gasteiger partial charge in [0, 0.05) is 44.0 Å². The maximum atomic E-state index is 12.1. The maximum Gasteiger partial charge on any atom is 0.307 e. The average Bonchev–Trinajstić information content (AvgIpc) is 2.68. The number of methoxy groups -OCH3 is 1. The number of nitro groups is 1. The second-order valence-corrected chi connectivity index (χ2v) is 7.37. The Hall–Kier alpha value is -2.93. The zero-order valence-corrected chi connectivity index (χ0v) is 16.2. The molecule has 0 amide bonds. The number of non-ortho nitro benzene ring substituents is 1. The number of carbonyl (C=O) groups is 1. The number of hydrogen-bond donors (Lipinski definition) is 0. The zero-order valence-electron chi connectivity index (χ0n) is 16.2. The van der Waals surface area contributed by atoms with E-state index in [-0.39, 0.29) is 18.1 Å². The second kappa shape index (κ2) is 8.39. The molecule has 1 saturated heterocycles. The molecule has 1 aliphatic heterocycles. The molecule has 3 rings (SSSR count). The van der Waals surface area contributed by atoms with Crippen LogP contribution >= 0.6 is 0 Å². The van der Waals surface area contributed by atoms with Gasteiger partial charge in [0.05, 0.1) is 24.0 Å². The standard InChI is InChI=1S/C21H25N3O4/c1-21(14-20(25)28-2)16-22(15-17-6-4-3-5-7-17)12-13-23(21)18-8-10-19(11-9-18)24(26)27/h3-11H,12-16H2,1-2H3. The molecule has 1 unspecified atom stereocenters. The van der Waals surface area contributed by atoms with Crippen molar-refractivity contribution in [3.8, 4) is 0 Å². The summed E-state index contributed by atoms with van der Waals surface area (Å²) >= 11 is 0. The van der Waals surface area contributed by atoms with E-state index < -0.39 is 10.5 Å². The number of nitrogens with zero attached hydrogens (tertiary/aromatic N) is 3. The van der Waals surface area contributed by atoms with Gasteiger partial charge < -0.3 is 9.64 Å². The van der Waals surface area contributed by atoms with Crippen LogP contribution < -0.4 is 4.90 Å². The summed E-state index contributed by atoms with van der Waals surface area (Å²) in [5, 5.41) is 10.9. The van der Waals surface area contributed by atoms with Crippen LogP contribution in [-0.2, 0) is 16.1 Å². The first-order valence-electron chi connectivity index (χ1n) is 9.26. The molecule has 0 spiro atoms. The van der Waals surface area contributed by atoms with Gasteiger partial charge in [0.1, 0.15) is 0 Å². The summed E-state index contributed by atoms with van der Waals surface area (Å²) < 4.78 is 4.93. The van der Waals surface area contributed by atoms with Crippen LogP contribution in [0.1, 0.15) is 18.9 Å². The predicted molar refractivity (Wildman–Crippen MR) is 107 cm³/mol. The second-order valence-electron chi connectivity index (χ2n) is 7.37. The summed E-state index contributed by atoms with van der Waals surface area (Å²) in [6.45, 7) is 5.10. The fourth-order valence-corrected chi connectivity index (χ4v) is 3.86. The van der Waals surface area contributed by atoms with Crippen LogP contribution in [0.4, 0.5) is 11.4 Å². The van der Waals surface area contributed by atoms with Crippen LogP contribution in [0.3, 0.4) is 0 Å². The highest BCUT2D eigenvalue weighted by molar-refractivity contribution is 5.72. The molecule has 7 nitrogen and oxygen atoms in total. The number of hydrogen-bond acceptors (Lipinski definition) is 6. The molecule has 1 heterocycles. The molecule has 1 aliphatic rings. The van der Waals surface area contributed by atoms with E-state index >= 15 is 0 Å². The largest absolute Gasteiger partial charge is 0.469 e. The van der Waals surface area contributed by atoms with Crippen molar-refractivity contribution in [1.29, 1.82) is 0 Å². The van der Waals surface area contributed by atoms with Crippen LogP contribution in [0.5, 0.6) is 0 Å². The molecule has 0 aromatic heterocycles. The van der Waals surface area contributed by atoms with Gasteiger partial charge >= 0.3 is 5.97 Å². The molecular weight excluding hydrogens is 358 g/mol. The fraction of sp³-hybridized carbons (Fsp3) is 0.381. The molecule has 1 fully saturated rings. The van der Waals surface area contributed by atoms with Crippen LogP contribution in [0.25, 0.3) is 0 Å². The normalized spacial score (nSPS) is 20.0. The first-order valence-corrected chi connectivity index (χ1v) is 9.26. The van der Waals surface area contributed by atoms with Gasteiger partial charge in [0.2, 0.25) is 0 Å². The molecule has 0 bridgehead atoms.